The number of halogens is 1. The van der Waals surface area contributed by atoms with Crippen molar-refractivity contribution < 1.29 is 4.79 Å². The molecule has 0 bridgehead atoms. The summed E-state index contributed by atoms with van der Waals surface area (Å²) in [7, 11) is 0. The fraction of sp³-hybridized carbons (Fsp3) is 0.455. The van der Waals surface area contributed by atoms with Crippen molar-refractivity contribution >= 4 is 29.3 Å². The predicted octanol–water partition coefficient (Wildman–Crippen LogP) is 2.50. The van der Waals surface area contributed by atoms with Crippen LogP contribution in [0.5, 0.6) is 0 Å². The van der Waals surface area contributed by atoms with Crippen LogP contribution in [0.3, 0.4) is 0 Å². The van der Waals surface area contributed by atoms with E-state index in [1.807, 2.05) is 0 Å². The zero-order chi connectivity index (χ0) is 11.4. The SMILES string of the molecule is O=C1NCCCCC1Sc1ncccc1Cl. The summed E-state index contributed by atoms with van der Waals surface area (Å²) in [4.78, 5) is 15.9. The molecule has 0 aromatic carbocycles. The first-order valence-corrected chi connectivity index (χ1v) is 6.58. The van der Waals surface area contributed by atoms with Crippen LogP contribution in [0.25, 0.3) is 0 Å². The van der Waals surface area contributed by atoms with Crippen molar-refractivity contribution in [3.63, 3.8) is 0 Å². The van der Waals surface area contributed by atoms with Crippen LogP contribution in [0.1, 0.15) is 19.3 Å². The number of rotatable bonds is 2. The summed E-state index contributed by atoms with van der Waals surface area (Å²) >= 11 is 7.47. The quantitative estimate of drug-likeness (QED) is 0.884. The minimum Gasteiger partial charge on any atom is -0.355 e. The molecule has 86 valence electrons. The number of aromatic nitrogens is 1. The van der Waals surface area contributed by atoms with E-state index in [-0.39, 0.29) is 11.2 Å². The Morgan fingerprint density at radius 3 is 3.19 bits per heavy atom. The lowest BCUT2D eigenvalue weighted by Gasteiger charge is -2.12. The molecular weight excluding hydrogens is 244 g/mol. The van der Waals surface area contributed by atoms with Gasteiger partial charge in [0.1, 0.15) is 5.03 Å². The first kappa shape index (κ1) is 11.7. The van der Waals surface area contributed by atoms with E-state index in [1.54, 1.807) is 18.3 Å². The van der Waals surface area contributed by atoms with E-state index < -0.39 is 0 Å². The Balaban J connectivity index is 2.08. The van der Waals surface area contributed by atoms with Gasteiger partial charge in [0, 0.05) is 12.7 Å². The third kappa shape index (κ3) is 2.89. The van der Waals surface area contributed by atoms with Crippen LogP contribution in [-0.2, 0) is 4.79 Å². The van der Waals surface area contributed by atoms with Gasteiger partial charge in [0.05, 0.1) is 10.3 Å². The molecular formula is C11H13ClN2OS. The first-order valence-electron chi connectivity index (χ1n) is 5.32. The third-order valence-corrected chi connectivity index (χ3v) is 4.16. The number of hydrogen-bond donors (Lipinski definition) is 1. The highest BCUT2D eigenvalue weighted by Crippen LogP contribution is 2.31. The number of carbonyl (C=O) groups is 1. The van der Waals surface area contributed by atoms with Crippen LogP contribution in [0.15, 0.2) is 23.4 Å². The van der Waals surface area contributed by atoms with Crippen molar-refractivity contribution in [2.75, 3.05) is 6.54 Å². The minimum absolute atomic E-state index is 0.0603. The predicted molar refractivity (Wildman–Crippen MR) is 65.8 cm³/mol. The molecule has 1 unspecified atom stereocenters. The average Bonchev–Trinajstić information content (AvgIpc) is 2.48. The van der Waals surface area contributed by atoms with E-state index in [9.17, 15) is 4.79 Å². The average molecular weight is 257 g/mol. The number of amides is 1. The summed E-state index contributed by atoms with van der Waals surface area (Å²) in [6, 6.07) is 3.59. The standard InChI is InChI=1S/C11H13ClN2OS/c12-8-4-3-7-14-11(8)16-9-5-1-2-6-13-10(9)15/h3-4,7,9H,1-2,5-6H2,(H,13,15). The van der Waals surface area contributed by atoms with E-state index in [4.69, 9.17) is 11.6 Å². The van der Waals surface area contributed by atoms with Gasteiger partial charge in [-0.1, -0.05) is 29.8 Å². The van der Waals surface area contributed by atoms with Gasteiger partial charge < -0.3 is 5.32 Å². The zero-order valence-electron chi connectivity index (χ0n) is 8.78. The fourth-order valence-electron chi connectivity index (χ4n) is 1.62. The Morgan fingerprint density at radius 2 is 2.38 bits per heavy atom. The van der Waals surface area contributed by atoms with E-state index in [2.05, 4.69) is 10.3 Å². The number of hydrogen-bond acceptors (Lipinski definition) is 3. The molecule has 1 amide bonds. The monoisotopic (exact) mass is 256 g/mol. The van der Waals surface area contributed by atoms with Crippen molar-refractivity contribution in [3.05, 3.63) is 23.4 Å². The van der Waals surface area contributed by atoms with Gasteiger partial charge in [-0.05, 0) is 25.0 Å². The highest BCUT2D eigenvalue weighted by atomic mass is 35.5. The van der Waals surface area contributed by atoms with Crippen LogP contribution in [0.4, 0.5) is 0 Å². The van der Waals surface area contributed by atoms with Crippen molar-refractivity contribution in [1.82, 2.24) is 10.3 Å². The van der Waals surface area contributed by atoms with Gasteiger partial charge in [-0.3, -0.25) is 4.79 Å². The van der Waals surface area contributed by atoms with Gasteiger partial charge >= 0.3 is 0 Å². The summed E-state index contributed by atoms with van der Waals surface area (Å²) in [6.07, 6.45) is 4.71. The topological polar surface area (TPSA) is 42.0 Å². The van der Waals surface area contributed by atoms with Crippen molar-refractivity contribution in [1.29, 1.82) is 0 Å². The second kappa shape index (κ2) is 5.55. The number of thioether (sulfide) groups is 1. The summed E-state index contributed by atoms with van der Waals surface area (Å²) in [5.41, 5.74) is 0. The summed E-state index contributed by atoms with van der Waals surface area (Å²) in [5.74, 6) is 0.101. The van der Waals surface area contributed by atoms with Crippen LogP contribution >= 0.6 is 23.4 Å². The second-order valence-corrected chi connectivity index (χ2v) is 5.28. The van der Waals surface area contributed by atoms with Crippen LogP contribution in [-0.4, -0.2) is 22.7 Å². The molecule has 2 heterocycles. The maximum absolute atomic E-state index is 11.7. The van der Waals surface area contributed by atoms with Gasteiger partial charge in [-0.15, -0.1) is 0 Å². The van der Waals surface area contributed by atoms with Gasteiger partial charge in [0.15, 0.2) is 0 Å². The largest absolute Gasteiger partial charge is 0.355 e. The molecule has 1 fully saturated rings. The molecule has 1 saturated heterocycles. The molecule has 0 saturated carbocycles. The number of nitrogens with one attached hydrogen (secondary N) is 1. The summed E-state index contributed by atoms with van der Waals surface area (Å²) < 4.78 is 0. The fourth-order valence-corrected chi connectivity index (χ4v) is 2.92. The normalized spacial score (nSPS) is 21.3. The van der Waals surface area contributed by atoms with Crippen LogP contribution in [0, 0.1) is 0 Å². The molecule has 1 atom stereocenters. The number of nitrogens with zero attached hydrogens (tertiary/aromatic N) is 1. The smallest absolute Gasteiger partial charge is 0.233 e. The van der Waals surface area contributed by atoms with E-state index in [0.29, 0.717) is 5.02 Å². The third-order valence-electron chi connectivity index (χ3n) is 2.46. The Kier molecular flexibility index (Phi) is 4.07. The molecule has 1 N–H and O–H groups in total. The molecule has 16 heavy (non-hydrogen) atoms. The van der Waals surface area contributed by atoms with Crippen molar-refractivity contribution in [2.24, 2.45) is 0 Å². The molecule has 5 heteroatoms. The summed E-state index contributed by atoms with van der Waals surface area (Å²) in [6.45, 7) is 0.784. The van der Waals surface area contributed by atoms with E-state index in [0.717, 1.165) is 30.8 Å². The molecule has 0 radical (unpaired) electrons. The Bertz CT molecular complexity index is 386. The summed E-state index contributed by atoms with van der Waals surface area (Å²) in [5, 5.41) is 4.20. The molecule has 3 nitrogen and oxygen atoms in total. The Hall–Kier alpha value is -0.740. The van der Waals surface area contributed by atoms with Crippen molar-refractivity contribution in [3.8, 4) is 0 Å². The van der Waals surface area contributed by atoms with Gasteiger partial charge in [-0.2, -0.15) is 0 Å². The Morgan fingerprint density at radius 1 is 1.50 bits per heavy atom. The number of carbonyl (C=O) groups excluding carboxylic acids is 1. The Labute approximate surface area is 104 Å². The molecule has 1 aromatic rings. The lowest BCUT2D eigenvalue weighted by molar-refractivity contribution is -0.120. The van der Waals surface area contributed by atoms with E-state index >= 15 is 0 Å². The highest BCUT2D eigenvalue weighted by Gasteiger charge is 2.22. The molecule has 0 spiro atoms. The molecule has 1 aliphatic rings. The minimum atomic E-state index is -0.0603. The highest BCUT2D eigenvalue weighted by molar-refractivity contribution is 8.00. The van der Waals surface area contributed by atoms with Crippen molar-refractivity contribution in [2.45, 2.75) is 29.5 Å². The van der Waals surface area contributed by atoms with Crippen LogP contribution < -0.4 is 5.32 Å². The maximum Gasteiger partial charge on any atom is 0.233 e. The zero-order valence-corrected chi connectivity index (χ0v) is 10.4. The number of pyridine rings is 1. The lowest BCUT2D eigenvalue weighted by atomic mass is 10.2. The second-order valence-electron chi connectivity index (χ2n) is 3.68. The van der Waals surface area contributed by atoms with Crippen LogP contribution in [0.2, 0.25) is 5.02 Å². The van der Waals surface area contributed by atoms with Gasteiger partial charge in [-0.25, -0.2) is 4.98 Å². The molecule has 2 rings (SSSR count). The molecule has 0 aliphatic carbocycles. The maximum atomic E-state index is 11.7. The van der Waals surface area contributed by atoms with Gasteiger partial charge in [0.25, 0.3) is 0 Å². The first-order chi connectivity index (χ1) is 7.77. The molecule has 1 aromatic heterocycles. The lowest BCUT2D eigenvalue weighted by Crippen LogP contribution is -2.30. The van der Waals surface area contributed by atoms with E-state index in [1.165, 1.54) is 11.8 Å². The molecule has 1 aliphatic heterocycles. The van der Waals surface area contributed by atoms with Gasteiger partial charge in [0.2, 0.25) is 5.91 Å².